The highest BCUT2D eigenvalue weighted by Gasteiger charge is 2.24. The van der Waals surface area contributed by atoms with Crippen LogP contribution in [0.5, 0.6) is 0 Å². The van der Waals surface area contributed by atoms with Crippen molar-refractivity contribution in [2.75, 3.05) is 4.90 Å². The SMILES string of the molecule is O=[N+]([O-])c1ccc(C[n+]2ccc(/C=C/C=C/C=C3\Sc4ccccc4N3Cc3ccccc3)c3ccccc32)cc1.[Br-]. The fraction of sp³-hybridized carbons (Fsp3) is 0.0571. The molecular formula is C35H28BrN3O2S. The first kappa shape index (κ1) is 29.0. The highest BCUT2D eigenvalue weighted by molar-refractivity contribution is 8.03. The van der Waals surface area contributed by atoms with Gasteiger partial charge in [0, 0.05) is 41.3 Å². The maximum atomic E-state index is 11.0. The predicted molar refractivity (Wildman–Crippen MR) is 168 cm³/mol. The van der Waals surface area contributed by atoms with Crippen LogP contribution in [0.2, 0.25) is 0 Å². The third-order valence-corrected chi connectivity index (χ3v) is 8.15. The van der Waals surface area contributed by atoms with Crippen molar-refractivity contribution in [3.63, 3.8) is 0 Å². The molecule has 5 nitrogen and oxygen atoms in total. The second-order valence-electron chi connectivity index (χ2n) is 9.73. The van der Waals surface area contributed by atoms with Gasteiger partial charge >= 0.3 is 0 Å². The van der Waals surface area contributed by atoms with Gasteiger partial charge in [-0.3, -0.25) is 10.1 Å². The van der Waals surface area contributed by atoms with Gasteiger partial charge in [0.1, 0.15) is 0 Å². The minimum atomic E-state index is -0.370. The molecule has 0 unspecified atom stereocenters. The summed E-state index contributed by atoms with van der Waals surface area (Å²) in [6.45, 7) is 1.46. The third kappa shape index (κ3) is 6.54. The smallest absolute Gasteiger partial charge is 0.269 e. The van der Waals surface area contributed by atoms with Crippen LogP contribution in [0.3, 0.4) is 0 Å². The van der Waals surface area contributed by atoms with Crippen LogP contribution in [0, 0.1) is 10.1 Å². The number of fused-ring (bicyclic) bond motifs is 2. The van der Waals surface area contributed by atoms with Gasteiger partial charge in [-0.2, -0.15) is 4.57 Å². The molecule has 42 heavy (non-hydrogen) atoms. The van der Waals surface area contributed by atoms with Crippen molar-refractivity contribution in [3.05, 3.63) is 172 Å². The van der Waals surface area contributed by atoms with Gasteiger partial charge in [-0.15, -0.1) is 0 Å². The summed E-state index contributed by atoms with van der Waals surface area (Å²) in [5, 5.41) is 13.3. The van der Waals surface area contributed by atoms with E-state index in [1.54, 1.807) is 23.9 Å². The van der Waals surface area contributed by atoms with E-state index in [1.807, 2.05) is 24.3 Å². The van der Waals surface area contributed by atoms with Crippen LogP contribution in [0.25, 0.3) is 17.0 Å². The van der Waals surface area contributed by atoms with Crippen molar-refractivity contribution in [2.45, 2.75) is 18.0 Å². The van der Waals surface area contributed by atoms with Crippen molar-refractivity contribution in [1.29, 1.82) is 0 Å². The Labute approximate surface area is 260 Å². The summed E-state index contributed by atoms with van der Waals surface area (Å²) in [5.41, 5.74) is 5.88. The largest absolute Gasteiger partial charge is 1.00 e. The standard InChI is InChI=1S/C35H28N3O2S.BrH/c39-38(40)30-21-19-28(20-22-30)25-36-24-23-29(31-14-7-8-15-32(31)36)13-5-2-6-18-35-37(26-27-11-3-1-4-12-27)33-16-9-10-17-34(33)41-35;/h1-24H,25-26H2;1H/q+1;/p-1. The fourth-order valence-corrected chi connectivity index (χ4v) is 6.05. The number of benzene rings is 4. The summed E-state index contributed by atoms with van der Waals surface area (Å²) >= 11 is 1.80. The molecule has 0 aliphatic carbocycles. The molecule has 0 atom stereocenters. The number of para-hydroxylation sites is 2. The van der Waals surface area contributed by atoms with E-state index in [-0.39, 0.29) is 27.6 Å². The fourth-order valence-electron chi connectivity index (χ4n) is 4.98. The molecule has 0 amide bonds. The van der Waals surface area contributed by atoms with Gasteiger partial charge in [0.2, 0.25) is 5.52 Å². The lowest BCUT2D eigenvalue weighted by Crippen LogP contribution is -3.00. The summed E-state index contributed by atoms with van der Waals surface area (Å²) in [6.07, 6.45) is 12.6. The second kappa shape index (κ2) is 13.5. The van der Waals surface area contributed by atoms with Gasteiger partial charge in [0.25, 0.3) is 5.69 Å². The van der Waals surface area contributed by atoms with Crippen LogP contribution in [-0.2, 0) is 13.1 Å². The second-order valence-corrected chi connectivity index (χ2v) is 10.8. The molecule has 4 aromatic carbocycles. The minimum Gasteiger partial charge on any atom is -1.00 e. The lowest BCUT2D eigenvalue weighted by Gasteiger charge is -2.20. The van der Waals surface area contributed by atoms with E-state index < -0.39 is 0 Å². The molecular weight excluding hydrogens is 606 g/mol. The van der Waals surface area contributed by atoms with Gasteiger partial charge in [-0.05, 0) is 47.5 Å². The third-order valence-electron chi connectivity index (χ3n) is 7.02. The van der Waals surface area contributed by atoms with Crippen LogP contribution in [-0.4, -0.2) is 4.92 Å². The first-order valence-corrected chi connectivity index (χ1v) is 14.3. The number of non-ortho nitro benzene ring substituents is 1. The highest BCUT2D eigenvalue weighted by Crippen LogP contribution is 2.46. The molecule has 1 aliphatic heterocycles. The van der Waals surface area contributed by atoms with E-state index in [2.05, 4.69) is 119 Å². The van der Waals surface area contributed by atoms with Crippen molar-refractivity contribution < 1.29 is 26.5 Å². The Kier molecular flexibility index (Phi) is 9.31. The maximum absolute atomic E-state index is 11.0. The number of hydrogen-bond donors (Lipinski definition) is 0. The molecule has 0 N–H and O–H groups in total. The Morgan fingerprint density at radius 2 is 1.52 bits per heavy atom. The summed E-state index contributed by atoms with van der Waals surface area (Å²) in [7, 11) is 0. The number of hydrogen-bond acceptors (Lipinski definition) is 4. The number of thioether (sulfide) groups is 1. The Balaban J connectivity index is 0.00000353. The van der Waals surface area contributed by atoms with Crippen LogP contribution in [0.4, 0.5) is 11.4 Å². The molecule has 7 heteroatoms. The Bertz CT molecular complexity index is 1800. The molecule has 0 saturated heterocycles. The molecule has 2 heterocycles. The van der Waals surface area contributed by atoms with E-state index in [1.165, 1.54) is 21.2 Å². The first-order chi connectivity index (χ1) is 20.2. The molecule has 0 bridgehead atoms. The van der Waals surface area contributed by atoms with E-state index in [0.29, 0.717) is 6.54 Å². The number of nitrogens with zero attached hydrogens (tertiary/aromatic N) is 3. The van der Waals surface area contributed by atoms with Crippen molar-refractivity contribution in [3.8, 4) is 0 Å². The number of nitro groups is 1. The molecule has 0 radical (unpaired) electrons. The molecule has 0 saturated carbocycles. The summed E-state index contributed by atoms with van der Waals surface area (Å²) < 4.78 is 2.17. The van der Waals surface area contributed by atoms with E-state index >= 15 is 0 Å². The van der Waals surface area contributed by atoms with Crippen LogP contribution in [0.15, 0.2) is 150 Å². The lowest BCUT2D eigenvalue weighted by atomic mass is 10.1. The Morgan fingerprint density at radius 3 is 2.33 bits per heavy atom. The zero-order valence-electron chi connectivity index (χ0n) is 22.7. The number of aromatic nitrogens is 1. The summed E-state index contributed by atoms with van der Waals surface area (Å²) in [5.74, 6) is 0. The molecule has 1 aliphatic rings. The maximum Gasteiger partial charge on any atom is 0.269 e. The molecule has 1 aromatic heterocycles. The normalized spacial score (nSPS) is 13.6. The number of rotatable bonds is 8. The van der Waals surface area contributed by atoms with Gasteiger partial charge in [0.05, 0.1) is 21.0 Å². The topological polar surface area (TPSA) is 50.3 Å². The van der Waals surface area contributed by atoms with E-state index in [4.69, 9.17) is 0 Å². The van der Waals surface area contributed by atoms with Gasteiger partial charge in [0.15, 0.2) is 12.7 Å². The van der Waals surface area contributed by atoms with Crippen molar-refractivity contribution in [1.82, 2.24) is 0 Å². The van der Waals surface area contributed by atoms with Crippen LogP contribution < -0.4 is 26.4 Å². The van der Waals surface area contributed by atoms with Gasteiger partial charge in [-0.1, -0.05) is 90.7 Å². The molecule has 5 aromatic rings. The highest BCUT2D eigenvalue weighted by atomic mass is 79.9. The minimum absolute atomic E-state index is 0. The molecule has 6 rings (SSSR count). The number of nitro benzene ring substituents is 1. The Hall–Kier alpha value is -4.46. The van der Waals surface area contributed by atoms with Crippen molar-refractivity contribution in [2.24, 2.45) is 0 Å². The summed E-state index contributed by atoms with van der Waals surface area (Å²) in [6, 6.07) is 36.3. The average Bonchev–Trinajstić information content (AvgIpc) is 3.35. The number of halogens is 1. The van der Waals surface area contributed by atoms with Gasteiger partial charge in [-0.25, -0.2) is 0 Å². The van der Waals surface area contributed by atoms with Crippen molar-refractivity contribution >= 4 is 40.1 Å². The number of pyridine rings is 1. The quantitative estimate of drug-likeness (QED) is 0.101. The van der Waals surface area contributed by atoms with E-state index in [0.717, 1.165) is 28.6 Å². The molecule has 0 spiro atoms. The monoisotopic (exact) mass is 633 g/mol. The zero-order valence-corrected chi connectivity index (χ0v) is 25.1. The molecule has 208 valence electrons. The van der Waals surface area contributed by atoms with Crippen LogP contribution >= 0.6 is 11.8 Å². The van der Waals surface area contributed by atoms with Gasteiger partial charge < -0.3 is 21.9 Å². The summed E-state index contributed by atoms with van der Waals surface area (Å²) in [4.78, 5) is 14.3. The van der Waals surface area contributed by atoms with E-state index in [9.17, 15) is 10.1 Å². The van der Waals surface area contributed by atoms with Crippen LogP contribution in [0.1, 0.15) is 16.7 Å². The predicted octanol–water partition coefficient (Wildman–Crippen LogP) is 5.31. The lowest BCUT2D eigenvalue weighted by molar-refractivity contribution is -0.662. The number of allylic oxidation sites excluding steroid dienone is 4. The average molecular weight is 635 g/mol. The zero-order chi connectivity index (χ0) is 28.0. The number of anilines is 1. The first-order valence-electron chi connectivity index (χ1n) is 13.4. The Morgan fingerprint density at radius 1 is 0.786 bits per heavy atom. The molecule has 0 fully saturated rings.